The molecule has 0 amide bonds. The zero-order valence-corrected chi connectivity index (χ0v) is 5.97. The molecule has 0 radical (unpaired) electrons. The Hall–Kier alpha value is -1.69. The molecule has 0 aliphatic carbocycles. The SMILES string of the molecule is O=[N+]([O-])c1cc(O)cnc1CO. The maximum Gasteiger partial charge on any atom is 0.296 e. The molecule has 0 aliphatic rings. The van der Waals surface area contributed by atoms with E-state index in [1.807, 2.05) is 0 Å². The Bertz CT molecular complexity index is 312. The first kappa shape index (κ1) is 8.41. The summed E-state index contributed by atoms with van der Waals surface area (Å²) in [6.45, 7) is -0.517. The number of nitro groups is 1. The Labute approximate surface area is 67.3 Å². The molecule has 0 fully saturated rings. The molecule has 1 aromatic rings. The largest absolute Gasteiger partial charge is 0.506 e. The topological polar surface area (TPSA) is 96.5 Å². The van der Waals surface area contributed by atoms with E-state index in [0.717, 1.165) is 12.3 Å². The first-order chi connectivity index (χ1) is 5.65. The molecule has 0 saturated heterocycles. The average molecular weight is 170 g/mol. The van der Waals surface area contributed by atoms with E-state index < -0.39 is 11.5 Å². The summed E-state index contributed by atoms with van der Waals surface area (Å²) >= 11 is 0. The van der Waals surface area contributed by atoms with Gasteiger partial charge in [-0.3, -0.25) is 10.1 Å². The van der Waals surface area contributed by atoms with Crippen molar-refractivity contribution in [3.05, 3.63) is 28.1 Å². The van der Waals surface area contributed by atoms with Crippen molar-refractivity contribution in [3.8, 4) is 5.75 Å². The lowest BCUT2D eigenvalue weighted by molar-refractivity contribution is -0.386. The van der Waals surface area contributed by atoms with E-state index in [1.54, 1.807) is 0 Å². The van der Waals surface area contributed by atoms with Crippen LogP contribution in [0.15, 0.2) is 12.3 Å². The molecule has 0 unspecified atom stereocenters. The van der Waals surface area contributed by atoms with Crippen LogP contribution in [0.25, 0.3) is 0 Å². The van der Waals surface area contributed by atoms with Crippen molar-refractivity contribution in [2.75, 3.05) is 0 Å². The van der Waals surface area contributed by atoms with Crippen molar-refractivity contribution in [2.45, 2.75) is 6.61 Å². The van der Waals surface area contributed by atoms with Crippen LogP contribution in [0.3, 0.4) is 0 Å². The number of hydrogen-bond acceptors (Lipinski definition) is 5. The summed E-state index contributed by atoms with van der Waals surface area (Å²) in [4.78, 5) is 13.0. The number of nitrogens with zero attached hydrogens (tertiary/aromatic N) is 2. The van der Waals surface area contributed by atoms with Crippen LogP contribution < -0.4 is 0 Å². The van der Waals surface area contributed by atoms with Crippen LogP contribution >= 0.6 is 0 Å². The second-order valence-electron chi connectivity index (χ2n) is 2.07. The summed E-state index contributed by atoms with van der Waals surface area (Å²) in [5, 5.41) is 27.7. The van der Waals surface area contributed by atoms with Gasteiger partial charge in [-0.25, -0.2) is 4.98 Å². The molecule has 1 heterocycles. The lowest BCUT2D eigenvalue weighted by atomic mass is 10.3. The van der Waals surface area contributed by atoms with Crippen LogP contribution in [-0.4, -0.2) is 20.1 Å². The Balaban J connectivity index is 3.21. The van der Waals surface area contributed by atoms with Crippen LogP contribution in [0.5, 0.6) is 5.75 Å². The normalized spacial score (nSPS) is 9.75. The van der Waals surface area contributed by atoms with Crippen LogP contribution in [0, 0.1) is 10.1 Å². The molecular formula is C6H6N2O4. The fraction of sp³-hybridized carbons (Fsp3) is 0.167. The number of hydrogen-bond donors (Lipinski definition) is 2. The second-order valence-corrected chi connectivity index (χ2v) is 2.07. The van der Waals surface area contributed by atoms with Gasteiger partial charge in [0.15, 0.2) is 0 Å². The molecule has 0 atom stereocenters. The highest BCUT2D eigenvalue weighted by Gasteiger charge is 2.14. The van der Waals surface area contributed by atoms with Crippen molar-refractivity contribution in [3.63, 3.8) is 0 Å². The highest BCUT2D eigenvalue weighted by atomic mass is 16.6. The number of pyridine rings is 1. The van der Waals surface area contributed by atoms with Gasteiger partial charge >= 0.3 is 0 Å². The molecule has 6 nitrogen and oxygen atoms in total. The molecule has 0 aromatic carbocycles. The van der Waals surface area contributed by atoms with E-state index in [2.05, 4.69) is 4.98 Å². The smallest absolute Gasteiger partial charge is 0.296 e. The molecule has 0 aliphatic heterocycles. The zero-order valence-electron chi connectivity index (χ0n) is 5.97. The van der Waals surface area contributed by atoms with Gasteiger partial charge in [0, 0.05) is 0 Å². The molecule has 1 aromatic heterocycles. The molecule has 2 N–H and O–H groups in total. The fourth-order valence-corrected chi connectivity index (χ4v) is 0.751. The third-order valence-corrected chi connectivity index (χ3v) is 1.28. The first-order valence-electron chi connectivity index (χ1n) is 3.08. The molecule has 0 spiro atoms. The summed E-state index contributed by atoms with van der Waals surface area (Å²) in [7, 11) is 0. The highest BCUT2D eigenvalue weighted by Crippen LogP contribution is 2.20. The lowest BCUT2D eigenvalue weighted by Crippen LogP contribution is -1.97. The first-order valence-corrected chi connectivity index (χ1v) is 3.08. The summed E-state index contributed by atoms with van der Waals surface area (Å²) in [5.41, 5.74) is -0.435. The summed E-state index contributed by atoms with van der Waals surface area (Å²) in [6.07, 6.45) is 1.04. The lowest BCUT2D eigenvalue weighted by Gasteiger charge is -1.97. The van der Waals surface area contributed by atoms with E-state index in [4.69, 9.17) is 10.2 Å². The third-order valence-electron chi connectivity index (χ3n) is 1.28. The van der Waals surface area contributed by atoms with Crippen LogP contribution in [0.2, 0.25) is 0 Å². The maximum absolute atomic E-state index is 10.3. The Morgan fingerprint density at radius 2 is 2.33 bits per heavy atom. The minimum atomic E-state index is -0.710. The summed E-state index contributed by atoms with van der Waals surface area (Å²) < 4.78 is 0. The van der Waals surface area contributed by atoms with Crippen LogP contribution in [0.1, 0.15) is 5.69 Å². The van der Waals surface area contributed by atoms with Crippen molar-refractivity contribution in [1.29, 1.82) is 0 Å². The van der Waals surface area contributed by atoms with E-state index >= 15 is 0 Å². The Morgan fingerprint density at radius 3 is 2.83 bits per heavy atom. The van der Waals surface area contributed by atoms with Crippen molar-refractivity contribution in [1.82, 2.24) is 4.98 Å². The van der Waals surface area contributed by atoms with Gasteiger partial charge < -0.3 is 10.2 Å². The predicted molar refractivity (Wildman–Crippen MR) is 38.5 cm³/mol. The number of aliphatic hydroxyl groups is 1. The van der Waals surface area contributed by atoms with Crippen LogP contribution in [-0.2, 0) is 6.61 Å². The van der Waals surface area contributed by atoms with Gasteiger partial charge in [0.1, 0.15) is 11.4 Å². The summed E-state index contributed by atoms with van der Waals surface area (Å²) in [6, 6.07) is 0.943. The third kappa shape index (κ3) is 1.48. The van der Waals surface area contributed by atoms with E-state index in [1.165, 1.54) is 0 Å². The van der Waals surface area contributed by atoms with Gasteiger partial charge in [0.05, 0.1) is 23.8 Å². The Morgan fingerprint density at radius 1 is 1.67 bits per heavy atom. The van der Waals surface area contributed by atoms with Gasteiger partial charge in [-0.2, -0.15) is 0 Å². The number of aromatic nitrogens is 1. The minimum absolute atomic E-state index is 0.0576. The van der Waals surface area contributed by atoms with E-state index in [9.17, 15) is 10.1 Å². The molecule has 12 heavy (non-hydrogen) atoms. The average Bonchev–Trinajstić information content (AvgIpc) is 2.04. The molecule has 64 valence electrons. The molecular weight excluding hydrogens is 164 g/mol. The van der Waals surface area contributed by atoms with Gasteiger partial charge in [0.25, 0.3) is 5.69 Å². The maximum atomic E-state index is 10.3. The molecule has 6 heteroatoms. The standard InChI is InChI=1S/C6H6N2O4/c9-3-5-6(8(11)12)1-4(10)2-7-5/h1-2,9-10H,3H2. The van der Waals surface area contributed by atoms with Gasteiger partial charge in [-0.05, 0) is 0 Å². The fourth-order valence-electron chi connectivity index (χ4n) is 0.751. The second kappa shape index (κ2) is 3.14. The molecule has 0 bridgehead atoms. The number of aliphatic hydroxyl groups excluding tert-OH is 1. The summed E-state index contributed by atoms with van der Waals surface area (Å²) in [5.74, 6) is -0.293. The van der Waals surface area contributed by atoms with E-state index in [-0.39, 0.29) is 17.1 Å². The number of rotatable bonds is 2. The van der Waals surface area contributed by atoms with Crippen molar-refractivity contribution in [2.24, 2.45) is 0 Å². The van der Waals surface area contributed by atoms with E-state index in [0.29, 0.717) is 0 Å². The van der Waals surface area contributed by atoms with Crippen molar-refractivity contribution < 1.29 is 15.1 Å². The van der Waals surface area contributed by atoms with Crippen LogP contribution in [0.4, 0.5) is 5.69 Å². The zero-order chi connectivity index (χ0) is 9.14. The van der Waals surface area contributed by atoms with Gasteiger partial charge in [-0.1, -0.05) is 0 Å². The number of aromatic hydroxyl groups is 1. The monoisotopic (exact) mass is 170 g/mol. The predicted octanol–water partition coefficient (Wildman–Crippen LogP) is 0.188. The van der Waals surface area contributed by atoms with Gasteiger partial charge in [-0.15, -0.1) is 0 Å². The minimum Gasteiger partial charge on any atom is -0.506 e. The quantitative estimate of drug-likeness (QED) is 0.487. The highest BCUT2D eigenvalue weighted by molar-refractivity contribution is 5.39. The Kier molecular flexibility index (Phi) is 2.20. The van der Waals surface area contributed by atoms with Gasteiger partial charge in [0.2, 0.25) is 0 Å². The molecule has 0 saturated carbocycles. The van der Waals surface area contributed by atoms with Crippen molar-refractivity contribution >= 4 is 5.69 Å². The molecule has 1 rings (SSSR count).